The summed E-state index contributed by atoms with van der Waals surface area (Å²) in [5.74, 6) is -0.669. The minimum absolute atomic E-state index is 0.105. The van der Waals surface area contributed by atoms with E-state index in [0.717, 1.165) is 20.7 Å². The third-order valence-electron chi connectivity index (χ3n) is 3.78. The number of pyridine rings is 1. The van der Waals surface area contributed by atoms with Crippen LogP contribution in [0.2, 0.25) is 0 Å². The van der Waals surface area contributed by atoms with E-state index in [4.69, 9.17) is 4.42 Å². The fraction of sp³-hybridized carbons (Fsp3) is 0.0556. The monoisotopic (exact) mass is 396 g/mol. The standard InChI is InChI=1S/C18H12N4O3S2/c1-26-18-22-21-17(27-18)20-16(24)14-6-11(7-15(23)25-14)13-9-19-8-10-4-2-3-5-12(10)13/h2-9H,1H3,(H,20,21,24). The normalized spacial score (nSPS) is 10.9. The van der Waals surface area contributed by atoms with E-state index in [1.165, 1.54) is 35.2 Å². The van der Waals surface area contributed by atoms with Crippen molar-refractivity contribution < 1.29 is 9.21 Å². The number of fused-ring (bicyclic) bond motifs is 1. The van der Waals surface area contributed by atoms with Crippen molar-refractivity contribution in [2.24, 2.45) is 0 Å². The van der Waals surface area contributed by atoms with Gasteiger partial charge >= 0.3 is 5.63 Å². The van der Waals surface area contributed by atoms with Crippen LogP contribution in [0.15, 0.2) is 62.3 Å². The first-order chi connectivity index (χ1) is 13.1. The van der Waals surface area contributed by atoms with Crippen LogP contribution < -0.4 is 10.9 Å². The number of carbonyl (C=O) groups excluding carboxylic acids is 1. The molecule has 3 heterocycles. The molecule has 7 nitrogen and oxygen atoms in total. The predicted molar refractivity (Wildman–Crippen MR) is 105 cm³/mol. The van der Waals surface area contributed by atoms with Gasteiger partial charge in [0, 0.05) is 29.4 Å². The number of amides is 1. The molecule has 9 heteroatoms. The molecule has 3 aromatic heterocycles. The Kier molecular flexibility index (Phi) is 4.69. The number of anilines is 1. The Morgan fingerprint density at radius 2 is 2.04 bits per heavy atom. The molecule has 1 aromatic carbocycles. The summed E-state index contributed by atoms with van der Waals surface area (Å²) in [6.45, 7) is 0. The highest BCUT2D eigenvalue weighted by molar-refractivity contribution is 8.00. The number of aromatic nitrogens is 3. The van der Waals surface area contributed by atoms with Crippen molar-refractivity contribution in [3.8, 4) is 11.1 Å². The van der Waals surface area contributed by atoms with Crippen molar-refractivity contribution in [3.05, 3.63) is 65.0 Å². The maximum absolute atomic E-state index is 12.5. The molecule has 4 aromatic rings. The molecule has 0 aliphatic rings. The van der Waals surface area contributed by atoms with Crippen molar-refractivity contribution in [1.29, 1.82) is 0 Å². The van der Waals surface area contributed by atoms with Crippen LogP contribution in [-0.4, -0.2) is 27.3 Å². The van der Waals surface area contributed by atoms with Gasteiger partial charge in [0.15, 0.2) is 10.1 Å². The van der Waals surface area contributed by atoms with E-state index in [1.54, 1.807) is 12.4 Å². The zero-order valence-electron chi connectivity index (χ0n) is 14.0. The highest BCUT2D eigenvalue weighted by Gasteiger charge is 2.16. The second kappa shape index (κ2) is 7.29. The Hall–Kier alpha value is -3.04. The smallest absolute Gasteiger partial charge is 0.336 e. The minimum Gasteiger partial charge on any atom is -0.417 e. The second-order valence-electron chi connectivity index (χ2n) is 5.47. The zero-order chi connectivity index (χ0) is 18.8. The van der Waals surface area contributed by atoms with Crippen LogP contribution in [0.5, 0.6) is 0 Å². The van der Waals surface area contributed by atoms with Gasteiger partial charge in [-0.15, -0.1) is 10.2 Å². The van der Waals surface area contributed by atoms with Crippen molar-refractivity contribution in [2.75, 3.05) is 11.6 Å². The maximum atomic E-state index is 12.5. The zero-order valence-corrected chi connectivity index (χ0v) is 15.6. The van der Waals surface area contributed by atoms with Gasteiger partial charge in [0.25, 0.3) is 5.91 Å². The summed E-state index contributed by atoms with van der Waals surface area (Å²) in [6, 6.07) is 10.6. The van der Waals surface area contributed by atoms with Gasteiger partial charge in [-0.25, -0.2) is 4.79 Å². The van der Waals surface area contributed by atoms with E-state index in [2.05, 4.69) is 20.5 Å². The van der Waals surface area contributed by atoms with Crippen molar-refractivity contribution >= 4 is 44.9 Å². The number of nitrogens with zero attached hydrogens (tertiary/aromatic N) is 3. The van der Waals surface area contributed by atoms with E-state index >= 15 is 0 Å². The number of rotatable bonds is 4. The molecule has 0 spiro atoms. The van der Waals surface area contributed by atoms with E-state index in [1.807, 2.05) is 30.5 Å². The third kappa shape index (κ3) is 3.60. The number of nitrogens with one attached hydrogen (secondary N) is 1. The molecule has 0 aliphatic heterocycles. The molecule has 0 saturated heterocycles. The Balaban J connectivity index is 1.73. The summed E-state index contributed by atoms with van der Waals surface area (Å²) in [5, 5.41) is 12.6. The van der Waals surface area contributed by atoms with Crippen LogP contribution in [0, 0.1) is 0 Å². The molecule has 1 amide bonds. The largest absolute Gasteiger partial charge is 0.417 e. The molecule has 0 saturated carbocycles. The molecule has 4 rings (SSSR count). The van der Waals surface area contributed by atoms with Gasteiger partial charge in [-0.2, -0.15) is 0 Å². The van der Waals surface area contributed by atoms with Crippen LogP contribution in [0.4, 0.5) is 5.13 Å². The fourth-order valence-corrected chi connectivity index (χ4v) is 3.76. The quantitative estimate of drug-likeness (QED) is 0.415. The van der Waals surface area contributed by atoms with Gasteiger partial charge < -0.3 is 4.42 Å². The highest BCUT2D eigenvalue weighted by Crippen LogP contribution is 2.28. The second-order valence-corrected chi connectivity index (χ2v) is 7.50. The van der Waals surface area contributed by atoms with Gasteiger partial charge in [-0.3, -0.25) is 15.1 Å². The number of thioether (sulfide) groups is 1. The number of benzene rings is 1. The van der Waals surface area contributed by atoms with Crippen LogP contribution in [0.1, 0.15) is 10.6 Å². The lowest BCUT2D eigenvalue weighted by Gasteiger charge is -2.07. The molecule has 0 radical (unpaired) electrons. The summed E-state index contributed by atoms with van der Waals surface area (Å²) in [5.41, 5.74) is 0.686. The first-order valence-electron chi connectivity index (χ1n) is 7.81. The average molecular weight is 396 g/mol. The summed E-state index contributed by atoms with van der Waals surface area (Å²) in [7, 11) is 0. The van der Waals surface area contributed by atoms with Gasteiger partial charge in [0.05, 0.1) is 0 Å². The van der Waals surface area contributed by atoms with Crippen molar-refractivity contribution in [1.82, 2.24) is 15.2 Å². The topological polar surface area (TPSA) is 98.0 Å². The van der Waals surface area contributed by atoms with Crippen LogP contribution in [0.25, 0.3) is 21.9 Å². The van der Waals surface area contributed by atoms with E-state index in [-0.39, 0.29) is 5.76 Å². The predicted octanol–water partition coefficient (Wildman–Crippen LogP) is 3.68. The van der Waals surface area contributed by atoms with Crippen LogP contribution in [0.3, 0.4) is 0 Å². The summed E-state index contributed by atoms with van der Waals surface area (Å²) >= 11 is 2.67. The molecule has 27 heavy (non-hydrogen) atoms. The molecule has 0 unspecified atom stereocenters. The molecule has 0 atom stereocenters. The molecule has 134 valence electrons. The molecule has 0 bridgehead atoms. The number of carbonyl (C=O) groups is 1. The molecule has 0 aliphatic carbocycles. The van der Waals surface area contributed by atoms with Gasteiger partial charge in [0.1, 0.15) is 0 Å². The van der Waals surface area contributed by atoms with E-state index in [0.29, 0.717) is 10.7 Å². The lowest BCUT2D eigenvalue weighted by Crippen LogP contribution is -2.14. The lowest BCUT2D eigenvalue weighted by atomic mass is 10.0. The number of hydrogen-bond acceptors (Lipinski definition) is 8. The highest BCUT2D eigenvalue weighted by atomic mass is 32.2. The van der Waals surface area contributed by atoms with E-state index < -0.39 is 11.5 Å². The average Bonchev–Trinajstić information content (AvgIpc) is 3.14. The van der Waals surface area contributed by atoms with Gasteiger partial charge in [-0.05, 0) is 23.3 Å². The Labute approximate surface area is 161 Å². The third-order valence-corrected chi connectivity index (χ3v) is 5.59. The van der Waals surface area contributed by atoms with Crippen LogP contribution >= 0.6 is 23.1 Å². The summed E-state index contributed by atoms with van der Waals surface area (Å²) in [6.07, 6.45) is 5.28. The van der Waals surface area contributed by atoms with E-state index in [9.17, 15) is 9.59 Å². The molecular weight excluding hydrogens is 384 g/mol. The first-order valence-corrected chi connectivity index (χ1v) is 9.85. The fourth-order valence-electron chi connectivity index (χ4n) is 2.59. The molecular formula is C18H12N4O3S2. The first kappa shape index (κ1) is 17.4. The Morgan fingerprint density at radius 1 is 1.19 bits per heavy atom. The minimum atomic E-state index is -0.618. The number of hydrogen-bond donors (Lipinski definition) is 1. The summed E-state index contributed by atoms with van der Waals surface area (Å²) < 4.78 is 5.81. The SMILES string of the molecule is CSc1nnc(NC(=O)c2cc(-c3cncc4ccccc34)cc(=O)o2)s1. The van der Waals surface area contributed by atoms with Crippen LogP contribution in [-0.2, 0) is 0 Å². The Bertz CT molecular complexity index is 1200. The van der Waals surface area contributed by atoms with Crippen molar-refractivity contribution in [2.45, 2.75) is 4.34 Å². The van der Waals surface area contributed by atoms with Gasteiger partial charge in [0.2, 0.25) is 5.13 Å². The lowest BCUT2D eigenvalue weighted by molar-refractivity contribution is 0.0992. The maximum Gasteiger partial charge on any atom is 0.336 e. The summed E-state index contributed by atoms with van der Waals surface area (Å²) in [4.78, 5) is 28.7. The molecule has 1 N–H and O–H groups in total. The Morgan fingerprint density at radius 3 is 2.85 bits per heavy atom. The van der Waals surface area contributed by atoms with Gasteiger partial charge in [-0.1, -0.05) is 47.4 Å². The molecule has 0 fully saturated rings. The van der Waals surface area contributed by atoms with Crippen molar-refractivity contribution in [3.63, 3.8) is 0 Å².